The Morgan fingerprint density at radius 3 is 2.59 bits per heavy atom. The summed E-state index contributed by atoms with van der Waals surface area (Å²) in [4.78, 5) is 29.3. The lowest BCUT2D eigenvalue weighted by Crippen LogP contribution is -2.51. The van der Waals surface area contributed by atoms with E-state index in [4.69, 9.17) is 0 Å². The average molecular weight is 480 g/mol. The zero-order chi connectivity index (χ0) is 24.0. The third-order valence-electron chi connectivity index (χ3n) is 6.19. The van der Waals surface area contributed by atoms with Gasteiger partial charge in [-0.15, -0.1) is 11.8 Å². The molecule has 2 heterocycles. The number of halogens is 2. The predicted molar refractivity (Wildman–Crippen MR) is 130 cm³/mol. The third kappa shape index (κ3) is 3.62. The molecule has 1 saturated heterocycles. The van der Waals surface area contributed by atoms with Crippen molar-refractivity contribution in [1.29, 1.82) is 0 Å². The molecule has 1 unspecified atom stereocenters. The third-order valence-corrected chi connectivity index (χ3v) is 7.61. The predicted octanol–water partition coefficient (Wildman–Crippen LogP) is 5.56. The van der Waals surface area contributed by atoms with E-state index in [-0.39, 0.29) is 18.5 Å². The first kappa shape index (κ1) is 22.4. The van der Waals surface area contributed by atoms with Crippen molar-refractivity contribution in [2.45, 2.75) is 25.3 Å². The van der Waals surface area contributed by atoms with Crippen LogP contribution in [-0.2, 0) is 16.2 Å². The van der Waals surface area contributed by atoms with Gasteiger partial charge in [0.05, 0.1) is 12.2 Å². The summed E-state index contributed by atoms with van der Waals surface area (Å²) in [6.45, 7) is 4.36. The lowest BCUT2D eigenvalue weighted by atomic mass is 10.0. The molecule has 2 aliphatic rings. The van der Waals surface area contributed by atoms with Crippen molar-refractivity contribution in [1.82, 2.24) is 4.90 Å². The fourth-order valence-electron chi connectivity index (χ4n) is 4.62. The normalized spacial score (nSPS) is 19.1. The van der Waals surface area contributed by atoms with Gasteiger partial charge >= 0.3 is 6.03 Å². The first-order valence-corrected chi connectivity index (χ1v) is 11.9. The van der Waals surface area contributed by atoms with E-state index in [9.17, 15) is 18.4 Å². The summed E-state index contributed by atoms with van der Waals surface area (Å²) in [6, 6.07) is 16.5. The zero-order valence-corrected chi connectivity index (χ0v) is 19.6. The van der Waals surface area contributed by atoms with Gasteiger partial charge in [0, 0.05) is 23.5 Å². The molecule has 0 bridgehead atoms. The molecule has 3 aromatic carbocycles. The maximum Gasteiger partial charge on any atom is 0.323 e. The molecule has 3 amide bonds. The van der Waals surface area contributed by atoms with Crippen LogP contribution in [-0.4, -0.2) is 29.1 Å². The van der Waals surface area contributed by atoms with Gasteiger partial charge in [-0.1, -0.05) is 35.9 Å². The average Bonchev–Trinajstić information content (AvgIpc) is 3.34. The highest BCUT2D eigenvalue weighted by molar-refractivity contribution is 8.01. The van der Waals surface area contributed by atoms with Crippen molar-refractivity contribution in [2.24, 2.45) is 0 Å². The van der Waals surface area contributed by atoms with Crippen LogP contribution in [0.5, 0.6) is 0 Å². The van der Waals surface area contributed by atoms with Crippen LogP contribution in [0.2, 0.25) is 0 Å². The number of rotatable bonds is 3. The highest BCUT2D eigenvalue weighted by Crippen LogP contribution is 2.54. The van der Waals surface area contributed by atoms with Crippen molar-refractivity contribution >= 4 is 35.1 Å². The first-order chi connectivity index (χ1) is 16.3. The summed E-state index contributed by atoms with van der Waals surface area (Å²) in [5.41, 5.74) is 4.51. The molecule has 2 aliphatic heterocycles. The number of nitrogens with zero attached hydrogens (tertiary/aromatic N) is 2. The molecule has 5 rings (SSSR count). The van der Waals surface area contributed by atoms with Crippen LogP contribution in [0, 0.1) is 25.5 Å². The number of hydrogen-bond donors (Lipinski definition) is 1. The van der Waals surface area contributed by atoms with E-state index >= 15 is 0 Å². The molecule has 34 heavy (non-hydrogen) atoms. The van der Waals surface area contributed by atoms with Crippen LogP contribution >= 0.6 is 11.8 Å². The van der Waals surface area contributed by atoms with Crippen molar-refractivity contribution < 1.29 is 18.4 Å². The maximum absolute atomic E-state index is 14.0. The van der Waals surface area contributed by atoms with Gasteiger partial charge in [-0.2, -0.15) is 0 Å². The number of hydrogen-bond acceptors (Lipinski definition) is 3. The number of carbonyl (C=O) groups is 2. The maximum atomic E-state index is 14.0. The van der Waals surface area contributed by atoms with Crippen LogP contribution in [0.25, 0.3) is 0 Å². The Morgan fingerprint density at radius 2 is 1.82 bits per heavy atom. The molecule has 3 aromatic rings. The summed E-state index contributed by atoms with van der Waals surface area (Å²) in [5, 5.41) is 2.93. The molecule has 1 fully saturated rings. The summed E-state index contributed by atoms with van der Waals surface area (Å²) in [5.74, 6) is -1.56. The summed E-state index contributed by atoms with van der Waals surface area (Å²) >= 11 is 1.42. The summed E-state index contributed by atoms with van der Waals surface area (Å²) in [7, 11) is 0. The van der Waals surface area contributed by atoms with Gasteiger partial charge in [-0.25, -0.2) is 13.6 Å². The number of nitrogens with one attached hydrogen (secondary N) is 1. The summed E-state index contributed by atoms with van der Waals surface area (Å²) in [6.07, 6.45) is 0. The number of fused-ring (bicyclic) bond motifs is 2. The van der Waals surface area contributed by atoms with Crippen LogP contribution in [0.15, 0.2) is 60.7 Å². The molecule has 0 saturated carbocycles. The molecule has 1 atom stereocenters. The Kier molecular flexibility index (Phi) is 5.56. The van der Waals surface area contributed by atoms with Crippen LogP contribution in [0.1, 0.15) is 22.3 Å². The second-order valence-corrected chi connectivity index (χ2v) is 9.89. The van der Waals surface area contributed by atoms with E-state index in [0.29, 0.717) is 29.2 Å². The minimum Gasteiger partial charge on any atom is -0.308 e. The van der Waals surface area contributed by atoms with Crippen molar-refractivity contribution in [2.75, 3.05) is 22.5 Å². The lowest BCUT2D eigenvalue weighted by Gasteiger charge is -2.33. The fourth-order valence-corrected chi connectivity index (χ4v) is 6.07. The van der Waals surface area contributed by atoms with Gasteiger partial charge in [-0.05, 0) is 55.3 Å². The molecule has 1 N–H and O–H groups in total. The van der Waals surface area contributed by atoms with Crippen LogP contribution in [0.4, 0.5) is 25.0 Å². The lowest BCUT2D eigenvalue weighted by molar-refractivity contribution is -0.123. The number of benzene rings is 3. The molecule has 8 heteroatoms. The van der Waals surface area contributed by atoms with Crippen molar-refractivity contribution in [3.8, 4) is 0 Å². The van der Waals surface area contributed by atoms with E-state index < -0.39 is 16.5 Å². The molecule has 174 valence electrons. The highest BCUT2D eigenvalue weighted by atomic mass is 32.2. The van der Waals surface area contributed by atoms with E-state index in [1.165, 1.54) is 17.8 Å². The summed E-state index contributed by atoms with van der Waals surface area (Å²) < 4.78 is 27.3. The number of aryl methyl sites for hydroxylation is 2. The molecule has 1 spiro atoms. The van der Waals surface area contributed by atoms with Gasteiger partial charge in [0.1, 0.15) is 0 Å². The van der Waals surface area contributed by atoms with Gasteiger partial charge in [-0.3, -0.25) is 9.69 Å². The molecular weight excluding hydrogens is 456 g/mol. The standard InChI is InChI=1S/C26H23F2N3O2S/c1-16-4-3-5-19(12-16)29-25(33)31-10-11-34-26(31)20-13-17(2)6-9-23(20)30(24(26)32)15-18-7-8-21(27)22(28)14-18/h3-9,12-14H,10-11,15H2,1-2H3,(H,29,33). The molecule has 0 aromatic heterocycles. The van der Waals surface area contributed by atoms with Gasteiger partial charge < -0.3 is 10.2 Å². The largest absolute Gasteiger partial charge is 0.323 e. The Balaban J connectivity index is 1.53. The van der Waals surface area contributed by atoms with E-state index in [1.807, 2.05) is 56.3 Å². The van der Waals surface area contributed by atoms with Crippen LogP contribution in [0.3, 0.4) is 0 Å². The minimum atomic E-state index is -1.21. The molecular formula is C26H23F2N3O2S. The zero-order valence-electron chi connectivity index (χ0n) is 18.8. The van der Waals surface area contributed by atoms with Crippen molar-refractivity contribution in [3.05, 3.63) is 94.6 Å². The second kappa shape index (κ2) is 8.43. The first-order valence-electron chi connectivity index (χ1n) is 11.0. The quantitative estimate of drug-likeness (QED) is 0.535. The van der Waals surface area contributed by atoms with E-state index in [2.05, 4.69) is 5.32 Å². The minimum absolute atomic E-state index is 0.0712. The molecule has 0 radical (unpaired) electrons. The number of carbonyl (C=O) groups excluding carboxylic acids is 2. The van der Waals surface area contributed by atoms with Crippen LogP contribution < -0.4 is 10.2 Å². The van der Waals surface area contributed by atoms with Gasteiger partial charge in [0.25, 0.3) is 5.91 Å². The fraction of sp³-hybridized carbons (Fsp3) is 0.231. The van der Waals surface area contributed by atoms with Gasteiger partial charge in [0.2, 0.25) is 0 Å². The smallest absolute Gasteiger partial charge is 0.308 e. The Bertz CT molecular complexity index is 1310. The van der Waals surface area contributed by atoms with Crippen molar-refractivity contribution in [3.63, 3.8) is 0 Å². The number of anilines is 2. The van der Waals surface area contributed by atoms with Gasteiger partial charge in [0.15, 0.2) is 16.5 Å². The molecule has 0 aliphatic carbocycles. The topological polar surface area (TPSA) is 52.7 Å². The Morgan fingerprint density at radius 1 is 1.03 bits per heavy atom. The Labute approximate surface area is 200 Å². The van der Waals surface area contributed by atoms with E-state index in [1.54, 1.807) is 9.80 Å². The Hall–Kier alpha value is -3.39. The number of amides is 3. The second-order valence-electron chi connectivity index (χ2n) is 8.60. The number of thioether (sulfide) groups is 1. The highest BCUT2D eigenvalue weighted by Gasteiger charge is 2.59. The number of urea groups is 1. The van der Waals surface area contributed by atoms with E-state index in [0.717, 1.165) is 28.8 Å². The SMILES string of the molecule is Cc1cccc(NC(=O)N2CCSC23C(=O)N(Cc2ccc(F)c(F)c2)c2ccc(C)cc23)c1. The monoisotopic (exact) mass is 479 g/mol. The molecule has 5 nitrogen and oxygen atoms in total.